The molecule has 2 unspecified atom stereocenters. The van der Waals surface area contributed by atoms with Crippen LogP contribution >= 0.6 is 15.9 Å². The van der Waals surface area contributed by atoms with E-state index in [1.807, 2.05) is 45.0 Å². The van der Waals surface area contributed by atoms with Gasteiger partial charge in [0.05, 0.1) is 5.92 Å². The lowest BCUT2D eigenvalue weighted by molar-refractivity contribution is -0.120. The lowest BCUT2D eigenvalue weighted by atomic mass is 10.0. The summed E-state index contributed by atoms with van der Waals surface area (Å²) in [4.78, 5) is 24.4. The molecule has 0 aliphatic heterocycles. The Morgan fingerprint density at radius 1 is 1.17 bits per heavy atom. The number of halogens is 1. The third-order valence-electron chi connectivity index (χ3n) is 3.67. The zero-order valence-electron chi connectivity index (χ0n) is 13.7. The number of nitrogens with one attached hydrogen (secondary N) is 2. The maximum absolute atomic E-state index is 12.5. The molecule has 126 valence electrons. The number of amides is 2. The van der Waals surface area contributed by atoms with Crippen LogP contribution < -0.4 is 10.6 Å². The van der Waals surface area contributed by atoms with Gasteiger partial charge in [-0.3, -0.25) is 4.79 Å². The van der Waals surface area contributed by atoms with Crippen molar-refractivity contribution in [3.05, 3.63) is 28.7 Å². The number of alkyl carbamates (subject to hydrolysis) is 1. The van der Waals surface area contributed by atoms with Crippen molar-refractivity contribution in [1.29, 1.82) is 0 Å². The van der Waals surface area contributed by atoms with Gasteiger partial charge in [-0.1, -0.05) is 22.4 Å². The van der Waals surface area contributed by atoms with Gasteiger partial charge in [-0.2, -0.15) is 0 Å². The van der Waals surface area contributed by atoms with E-state index in [4.69, 9.17) is 4.74 Å². The molecule has 0 radical (unpaired) electrons. The van der Waals surface area contributed by atoms with Gasteiger partial charge in [0.1, 0.15) is 5.60 Å². The minimum atomic E-state index is -0.544. The molecule has 0 spiro atoms. The summed E-state index contributed by atoms with van der Waals surface area (Å²) in [6.45, 7) is 5.46. The number of carbonyl (C=O) groups excluding carboxylic acids is 2. The predicted octanol–water partition coefficient (Wildman–Crippen LogP) is 4.08. The largest absolute Gasteiger partial charge is 0.444 e. The summed E-state index contributed by atoms with van der Waals surface area (Å²) in [7, 11) is 0. The SMILES string of the molecule is CC(C)(C)OC(=O)NC1CCCC1C(=O)Nc1ccc(Br)cc1. The van der Waals surface area contributed by atoms with Crippen molar-refractivity contribution in [1.82, 2.24) is 5.32 Å². The Labute approximate surface area is 145 Å². The summed E-state index contributed by atoms with van der Waals surface area (Å²) in [6.07, 6.45) is 2.00. The Morgan fingerprint density at radius 2 is 1.83 bits per heavy atom. The second kappa shape index (κ2) is 7.34. The van der Waals surface area contributed by atoms with Gasteiger partial charge in [-0.15, -0.1) is 0 Å². The monoisotopic (exact) mass is 382 g/mol. The first-order chi connectivity index (χ1) is 10.7. The molecular formula is C17H23BrN2O3. The fourth-order valence-electron chi connectivity index (χ4n) is 2.67. The topological polar surface area (TPSA) is 67.4 Å². The molecule has 2 rings (SSSR count). The molecule has 1 fully saturated rings. The molecule has 1 saturated carbocycles. The fraction of sp³-hybridized carbons (Fsp3) is 0.529. The highest BCUT2D eigenvalue weighted by molar-refractivity contribution is 9.10. The van der Waals surface area contributed by atoms with Gasteiger partial charge in [0, 0.05) is 16.2 Å². The molecule has 1 aliphatic rings. The summed E-state index contributed by atoms with van der Waals surface area (Å²) in [5.41, 5.74) is 0.207. The fourth-order valence-corrected chi connectivity index (χ4v) is 2.94. The number of hydrogen-bond donors (Lipinski definition) is 2. The van der Waals surface area contributed by atoms with E-state index in [0.717, 1.165) is 29.4 Å². The average molecular weight is 383 g/mol. The highest BCUT2D eigenvalue weighted by Crippen LogP contribution is 2.27. The predicted molar refractivity (Wildman–Crippen MR) is 93.3 cm³/mol. The quantitative estimate of drug-likeness (QED) is 0.827. The van der Waals surface area contributed by atoms with E-state index in [-0.39, 0.29) is 17.9 Å². The molecular weight excluding hydrogens is 360 g/mol. The lowest BCUT2D eigenvalue weighted by Gasteiger charge is -2.24. The van der Waals surface area contributed by atoms with Crippen molar-refractivity contribution in [2.75, 3.05) is 5.32 Å². The van der Waals surface area contributed by atoms with Crippen LogP contribution in [0.2, 0.25) is 0 Å². The van der Waals surface area contributed by atoms with Gasteiger partial charge >= 0.3 is 6.09 Å². The number of hydrogen-bond acceptors (Lipinski definition) is 3. The van der Waals surface area contributed by atoms with Gasteiger partial charge in [0.25, 0.3) is 0 Å². The van der Waals surface area contributed by atoms with Crippen LogP contribution in [0.25, 0.3) is 0 Å². The van der Waals surface area contributed by atoms with E-state index in [1.165, 1.54) is 0 Å². The second-order valence-corrected chi connectivity index (χ2v) is 7.70. The highest BCUT2D eigenvalue weighted by atomic mass is 79.9. The normalized spacial score (nSPS) is 20.9. The van der Waals surface area contributed by atoms with Crippen LogP contribution in [0.15, 0.2) is 28.7 Å². The molecule has 0 heterocycles. The Balaban J connectivity index is 1.93. The van der Waals surface area contributed by atoms with E-state index in [9.17, 15) is 9.59 Å². The first-order valence-corrected chi connectivity index (χ1v) is 8.60. The first kappa shape index (κ1) is 17.8. The summed E-state index contributed by atoms with van der Waals surface area (Å²) >= 11 is 3.36. The molecule has 5 nitrogen and oxygen atoms in total. The first-order valence-electron chi connectivity index (χ1n) is 7.80. The van der Waals surface area contributed by atoms with Crippen molar-refractivity contribution < 1.29 is 14.3 Å². The molecule has 0 aromatic heterocycles. The molecule has 23 heavy (non-hydrogen) atoms. The van der Waals surface area contributed by atoms with Crippen molar-refractivity contribution in [2.24, 2.45) is 5.92 Å². The molecule has 6 heteroatoms. The Kier molecular flexibility index (Phi) is 5.68. The maximum atomic E-state index is 12.5. The molecule has 1 aromatic carbocycles. The van der Waals surface area contributed by atoms with Crippen LogP contribution in [0.1, 0.15) is 40.0 Å². The highest BCUT2D eigenvalue weighted by Gasteiger charge is 2.35. The minimum Gasteiger partial charge on any atom is -0.444 e. The molecule has 2 atom stereocenters. The van der Waals surface area contributed by atoms with Crippen molar-refractivity contribution >= 4 is 33.6 Å². The van der Waals surface area contributed by atoms with Crippen LogP contribution in [0, 0.1) is 5.92 Å². The van der Waals surface area contributed by atoms with Crippen molar-refractivity contribution in [3.8, 4) is 0 Å². The van der Waals surface area contributed by atoms with Gasteiger partial charge < -0.3 is 15.4 Å². The van der Waals surface area contributed by atoms with Gasteiger partial charge in [-0.05, 0) is 57.9 Å². The van der Waals surface area contributed by atoms with Gasteiger partial charge in [0.15, 0.2) is 0 Å². The number of ether oxygens (including phenoxy) is 1. The summed E-state index contributed by atoms with van der Waals surface area (Å²) in [5, 5.41) is 5.74. The number of anilines is 1. The summed E-state index contributed by atoms with van der Waals surface area (Å²) in [5.74, 6) is -0.294. The molecule has 0 saturated heterocycles. The Morgan fingerprint density at radius 3 is 2.43 bits per heavy atom. The number of rotatable bonds is 3. The van der Waals surface area contributed by atoms with E-state index in [1.54, 1.807) is 0 Å². The zero-order valence-corrected chi connectivity index (χ0v) is 15.3. The van der Waals surface area contributed by atoms with E-state index in [2.05, 4.69) is 26.6 Å². The summed E-state index contributed by atoms with van der Waals surface area (Å²) < 4.78 is 6.23. The standard InChI is InChI=1S/C17H23BrN2O3/c1-17(2,3)23-16(22)20-14-6-4-5-13(14)15(21)19-12-9-7-11(18)8-10-12/h7-10,13-14H,4-6H2,1-3H3,(H,19,21)(H,20,22). The van der Waals surface area contributed by atoms with Crippen LogP contribution in [0.5, 0.6) is 0 Å². The molecule has 0 bridgehead atoms. The minimum absolute atomic E-state index is 0.0640. The van der Waals surface area contributed by atoms with E-state index >= 15 is 0 Å². The second-order valence-electron chi connectivity index (χ2n) is 6.79. The maximum Gasteiger partial charge on any atom is 0.407 e. The third-order valence-corrected chi connectivity index (χ3v) is 4.20. The van der Waals surface area contributed by atoms with Crippen molar-refractivity contribution in [2.45, 2.75) is 51.7 Å². The molecule has 2 N–H and O–H groups in total. The summed E-state index contributed by atoms with van der Waals surface area (Å²) in [6, 6.07) is 7.25. The Hall–Kier alpha value is -1.56. The number of benzene rings is 1. The van der Waals surface area contributed by atoms with Gasteiger partial charge in [-0.25, -0.2) is 4.79 Å². The number of carbonyl (C=O) groups is 2. The Bertz CT molecular complexity index is 566. The van der Waals surface area contributed by atoms with Crippen LogP contribution in [0.4, 0.5) is 10.5 Å². The molecule has 1 aliphatic carbocycles. The zero-order chi connectivity index (χ0) is 17.0. The van der Waals surface area contributed by atoms with E-state index < -0.39 is 11.7 Å². The lowest BCUT2D eigenvalue weighted by Crippen LogP contribution is -2.44. The molecule has 1 aromatic rings. The van der Waals surface area contributed by atoms with Crippen LogP contribution in [0.3, 0.4) is 0 Å². The molecule has 2 amide bonds. The smallest absolute Gasteiger partial charge is 0.407 e. The third kappa shape index (κ3) is 5.53. The van der Waals surface area contributed by atoms with Crippen LogP contribution in [-0.2, 0) is 9.53 Å². The van der Waals surface area contributed by atoms with E-state index in [0.29, 0.717) is 0 Å². The average Bonchev–Trinajstić information content (AvgIpc) is 2.87. The van der Waals surface area contributed by atoms with Crippen molar-refractivity contribution in [3.63, 3.8) is 0 Å². The van der Waals surface area contributed by atoms with Gasteiger partial charge in [0.2, 0.25) is 5.91 Å². The van der Waals surface area contributed by atoms with Crippen LogP contribution in [-0.4, -0.2) is 23.6 Å².